The maximum Gasteiger partial charge on any atom is 0.319 e. The molecule has 130 valence electrons. The molecule has 3 rings (SSSR count). The number of amides is 2. The van der Waals surface area contributed by atoms with Crippen molar-refractivity contribution in [2.24, 2.45) is 0 Å². The summed E-state index contributed by atoms with van der Waals surface area (Å²) in [7, 11) is 0. The van der Waals surface area contributed by atoms with Gasteiger partial charge >= 0.3 is 6.03 Å². The molecule has 2 aromatic heterocycles. The molecule has 0 aliphatic heterocycles. The molecule has 1 aromatic carbocycles. The molecule has 2 heterocycles. The second-order valence-corrected chi connectivity index (χ2v) is 5.51. The minimum atomic E-state index is -0.313. The van der Waals surface area contributed by atoms with E-state index in [1.165, 1.54) is 0 Å². The molecule has 25 heavy (non-hydrogen) atoms. The Kier molecular flexibility index (Phi) is 4.73. The van der Waals surface area contributed by atoms with Crippen LogP contribution in [0.2, 0.25) is 0 Å². The highest BCUT2D eigenvalue weighted by atomic mass is 16.5. The summed E-state index contributed by atoms with van der Waals surface area (Å²) >= 11 is 0. The predicted molar refractivity (Wildman–Crippen MR) is 90.8 cm³/mol. The fourth-order valence-electron chi connectivity index (χ4n) is 2.46. The van der Waals surface area contributed by atoms with Gasteiger partial charge in [0.1, 0.15) is 5.76 Å². The van der Waals surface area contributed by atoms with Crippen LogP contribution in [-0.2, 0) is 13.1 Å². The minimum Gasteiger partial charge on any atom is -0.361 e. The third-order valence-corrected chi connectivity index (χ3v) is 3.82. The molecule has 0 aliphatic rings. The Balaban J connectivity index is 1.67. The Morgan fingerprint density at radius 1 is 1.32 bits per heavy atom. The van der Waals surface area contributed by atoms with Crippen LogP contribution in [0.5, 0.6) is 0 Å². The minimum absolute atomic E-state index is 0.313. The number of nitrogens with zero attached hydrogens (tertiary/aromatic N) is 5. The van der Waals surface area contributed by atoms with Gasteiger partial charge in [-0.15, -0.1) is 5.10 Å². The van der Waals surface area contributed by atoms with Crippen LogP contribution in [0, 0.1) is 13.8 Å². The second kappa shape index (κ2) is 7.12. The third-order valence-electron chi connectivity index (χ3n) is 3.82. The first-order chi connectivity index (χ1) is 12.1. The van der Waals surface area contributed by atoms with Crippen LogP contribution in [0.15, 0.2) is 28.8 Å². The Morgan fingerprint density at radius 2 is 2.16 bits per heavy atom. The lowest BCUT2D eigenvalue weighted by atomic mass is 10.2. The Hall–Kier alpha value is -3.23. The molecule has 0 aliphatic carbocycles. The van der Waals surface area contributed by atoms with Crippen molar-refractivity contribution in [2.45, 2.75) is 33.9 Å². The Labute approximate surface area is 144 Å². The molecule has 2 N–H and O–H groups in total. The zero-order valence-corrected chi connectivity index (χ0v) is 14.3. The number of carbonyl (C=O) groups is 1. The maximum atomic E-state index is 12.1. The van der Waals surface area contributed by atoms with Gasteiger partial charge in [0, 0.05) is 29.9 Å². The molecule has 0 atom stereocenters. The normalized spacial score (nSPS) is 10.7. The Bertz CT molecular complexity index is 865. The molecule has 0 unspecified atom stereocenters. The molecular weight excluding hydrogens is 322 g/mol. The highest BCUT2D eigenvalue weighted by molar-refractivity contribution is 5.89. The van der Waals surface area contributed by atoms with E-state index in [0.717, 1.165) is 16.8 Å². The fourth-order valence-corrected chi connectivity index (χ4v) is 2.46. The van der Waals surface area contributed by atoms with Crippen LogP contribution >= 0.6 is 0 Å². The molecule has 0 radical (unpaired) electrons. The molecule has 9 heteroatoms. The van der Waals surface area contributed by atoms with Gasteiger partial charge in [0.2, 0.25) is 0 Å². The van der Waals surface area contributed by atoms with Crippen molar-refractivity contribution in [3.8, 4) is 11.4 Å². The zero-order valence-electron chi connectivity index (χ0n) is 14.3. The smallest absolute Gasteiger partial charge is 0.319 e. The first-order valence-electron chi connectivity index (χ1n) is 7.91. The SMILES string of the molecule is CCn1nnnc1-c1cccc(NC(=O)NCc2c(C)noc2C)c1. The summed E-state index contributed by atoms with van der Waals surface area (Å²) in [5.41, 5.74) is 3.13. The number of hydrogen-bond acceptors (Lipinski definition) is 6. The second-order valence-electron chi connectivity index (χ2n) is 5.51. The van der Waals surface area contributed by atoms with Gasteiger partial charge < -0.3 is 15.2 Å². The van der Waals surface area contributed by atoms with E-state index < -0.39 is 0 Å². The summed E-state index contributed by atoms with van der Waals surface area (Å²) in [6.45, 7) is 6.63. The van der Waals surface area contributed by atoms with Crippen LogP contribution in [0.3, 0.4) is 0 Å². The lowest BCUT2D eigenvalue weighted by molar-refractivity contribution is 0.251. The van der Waals surface area contributed by atoms with Gasteiger partial charge in [-0.3, -0.25) is 0 Å². The number of anilines is 1. The van der Waals surface area contributed by atoms with Gasteiger partial charge in [0.15, 0.2) is 5.82 Å². The first-order valence-corrected chi connectivity index (χ1v) is 7.91. The van der Waals surface area contributed by atoms with Gasteiger partial charge in [-0.05, 0) is 43.3 Å². The molecule has 0 bridgehead atoms. The van der Waals surface area contributed by atoms with Crippen molar-refractivity contribution < 1.29 is 9.32 Å². The number of carbonyl (C=O) groups excluding carboxylic acids is 1. The van der Waals surface area contributed by atoms with E-state index in [-0.39, 0.29) is 6.03 Å². The number of nitrogens with one attached hydrogen (secondary N) is 2. The molecule has 3 aromatic rings. The molecule has 0 fully saturated rings. The average molecular weight is 341 g/mol. The van der Waals surface area contributed by atoms with Crippen LogP contribution < -0.4 is 10.6 Å². The average Bonchev–Trinajstić information content (AvgIpc) is 3.20. The summed E-state index contributed by atoms with van der Waals surface area (Å²) in [6, 6.07) is 7.05. The van der Waals surface area contributed by atoms with Crippen molar-refractivity contribution in [2.75, 3.05) is 5.32 Å². The monoisotopic (exact) mass is 341 g/mol. The highest BCUT2D eigenvalue weighted by Gasteiger charge is 2.11. The fraction of sp³-hybridized carbons (Fsp3) is 0.312. The molecule has 0 saturated carbocycles. The maximum absolute atomic E-state index is 12.1. The summed E-state index contributed by atoms with van der Waals surface area (Å²) in [4.78, 5) is 12.1. The first kappa shape index (κ1) is 16.6. The van der Waals surface area contributed by atoms with Crippen molar-refractivity contribution >= 4 is 11.7 Å². The van der Waals surface area contributed by atoms with Crippen molar-refractivity contribution in [1.29, 1.82) is 0 Å². The Morgan fingerprint density at radius 3 is 2.88 bits per heavy atom. The van der Waals surface area contributed by atoms with Crippen molar-refractivity contribution in [3.63, 3.8) is 0 Å². The number of rotatable bonds is 5. The molecular formula is C16H19N7O2. The van der Waals surface area contributed by atoms with E-state index in [4.69, 9.17) is 4.52 Å². The number of aromatic nitrogens is 5. The van der Waals surface area contributed by atoms with Crippen molar-refractivity contribution in [1.82, 2.24) is 30.7 Å². The van der Waals surface area contributed by atoms with E-state index in [1.807, 2.05) is 39.0 Å². The molecule has 0 saturated heterocycles. The highest BCUT2D eigenvalue weighted by Crippen LogP contribution is 2.20. The van der Waals surface area contributed by atoms with Gasteiger partial charge in [0.05, 0.1) is 5.69 Å². The van der Waals surface area contributed by atoms with E-state index in [0.29, 0.717) is 30.4 Å². The van der Waals surface area contributed by atoms with Crippen LogP contribution in [0.25, 0.3) is 11.4 Å². The van der Waals surface area contributed by atoms with Gasteiger partial charge in [-0.2, -0.15) is 0 Å². The number of urea groups is 1. The summed E-state index contributed by atoms with van der Waals surface area (Å²) in [6.07, 6.45) is 0. The number of tetrazole rings is 1. The topological polar surface area (TPSA) is 111 Å². The zero-order chi connectivity index (χ0) is 17.8. The summed E-state index contributed by atoms with van der Waals surface area (Å²) in [5, 5.41) is 21.1. The standard InChI is InChI=1S/C16H19N7O2/c1-4-23-15(19-21-22-23)12-6-5-7-13(8-12)18-16(24)17-9-14-10(2)20-25-11(14)3/h5-8H,4,9H2,1-3H3,(H2,17,18,24). The summed E-state index contributed by atoms with van der Waals surface area (Å²) < 4.78 is 6.77. The number of aryl methyl sites for hydroxylation is 3. The van der Waals surface area contributed by atoms with Crippen molar-refractivity contribution in [3.05, 3.63) is 41.3 Å². The van der Waals surface area contributed by atoms with Gasteiger partial charge in [-0.25, -0.2) is 9.48 Å². The molecule has 2 amide bonds. The molecule has 9 nitrogen and oxygen atoms in total. The lowest BCUT2D eigenvalue weighted by Crippen LogP contribution is -2.28. The quantitative estimate of drug-likeness (QED) is 0.736. The van der Waals surface area contributed by atoms with Gasteiger partial charge in [-0.1, -0.05) is 17.3 Å². The third kappa shape index (κ3) is 3.65. The van der Waals surface area contributed by atoms with E-state index in [1.54, 1.807) is 10.7 Å². The summed E-state index contributed by atoms with van der Waals surface area (Å²) in [5.74, 6) is 1.36. The van der Waals surface area contributed by atoms with E-state index in [9.17, 15) is 4.79 Å². The van der Waals surface area contributed by atoms with Gasteiger partial charge in [0.25, 0.3) is 0 Å². The van der Waals surface area contributed by atoms with Crippen LogP contribution in [0.1, 0.15) is 23.9 Å². The number of benzene rings is 1. The van der Waals surface area contributed by atoms with Crippen LogP contribution in [-0.4, -0.2) is 31.4 Å². The van der Waals surface area contributed by atoms with E-state index >= 15 is 0 Å². The van der Waals surface area contributed by atoms with E-state index in [2.05, 4.69) is 31.3 Å². The predicted octanol–water partition coefficient (Wildman–Crippen LogP) is 2.29. The molecule has 0 spiro atoms. The van der Waals surface area contributed by atoms with Crippen LogP contribution in [0.4, 0.5) is 10.5 Å². The lowest BCUT2D eigenvalue weighted by Gasteiger charge is -2.09. The number of hydrogen-bond donors (Lipinski definition) is 2. The largest absolute Gasteiger partial charge is 0.361 e.